The van der Waals surface area contributed by atoms with Crippen molar-refractivity contribution in [3.05, 3.63) is 82.9 Å². The van der Waals surface area contributed by atoms with Crippen LogP contribution in [0.2, 0.25) is 0 Å². The van der Waals surface area contributed by atoms with E-state index in [9.17, 15) is 41.5 Å². The van der Waals surface area contributed by atoms with Gasteiger partial charge in [0.25, 0.3) is 0 Å². The molecule has 5 rings (SSSR count). The molecular weight excluding hydrogens is 626 g/mol. The Hall–Kier alpha value is -5.05. The molecule has 0 radical (unpaired) electrons. The summed E-state index contributed by atoms with van der Waals surface area (Å²) in [4.78, 5) is 51.7. The van der Waals surface area contributed by atoms with Crippen molar-refractivity contribution in [2.24, 2.45) is 11.7 Å². The number of aromatic hydroxyl groups is 1. The molecule has 0 bridgehead atoms. The SMILES string of the molecule is COC(=O)Nc1ccc(S(=O)(=O)C2CC2)c([C@H]2[C@@H](C=O)CCN2C(=O)[C@H](Nc2cc(C(N)=O)ccc2F)c2ccc(F)c(O)c2)c1. The summed E-state index contributed by atoms with van der Waals surface area (Å²) in [5, 5.41) is 14.7. The predicted octanol–water partition coefficient (Wildman–Crippen LogP) is 3.83. The van der Waals surface area contributed by atoms with Gasteiger partial charge in [-0.2, -0.15) is 0 Å². The van der Waals surface area contributed by atoms with Gasteiger partial charge in [0.2, 0.25) is 11.8 Å². The summed E-state index contributed by atoms with van der Waals surface area (Å²) in [6.45, 7) is -0.0420. The smallest absolute Gasteiger partial charge is 0.411 e. The fourth-order valence-corrected chi connectivity index (χ4v) is 7.44. The average Bonchev–Trinajstić information content (AvgIpc) is 3.81. The van der Waals surface area contributed by atoms with Gasteiger partial charge in [-0.05, 0) is 78.9 Å². The Bertz CT molecular complexity index is 1830. The lowest BCUT2D eigenvalue weighted by Gasteiger charge is -2.32. The molecule has 15 heteroatoms. The Balaban J connectivity index is 1.63. The van der Waals surface area contributed by atoms with Gasteiger partial charge in [0, 0.05) is 23.7 Å². The second-order valence-electron chi connectivity index (χ2n) is 11.0. The minimum atomic E-state index is -3.90. The number of rotatable bonds is 10. The largest absolute Gasteiger partial charge is 0.505 e. The molecule has 3 atom stereocenters. The van der Waals surface area contributed by atoms with Crippen LogP contribution < -0.4 is 16.4 Å². The summed E-state index contributed by atoms with van der Waals surface area (Å²) in [6, 6.07) is 7.58. The highest BCUT2D eigenvalue weighted by Crippen LogP contribution is 2.45. The van der Waals surface area contributed by atoms with Crippen LogP contribution in [0.15, 0.2) is 59.5 Å². The maximum atomic E-state index is 15.0. The number of halogens is 2. The second kappa shape index (κ2) is 12.7. The normalized spacial score (nSPS) is 18.5. The van der Waals surface area contributed by atoms with Gasteiger partial charge in [-0.15, -0.1) is 0 Å². The van der Waals surface area contributed by atoms with Crippen molar-refractivity contribution in [3.8, 4) is 5.75 Å². The van der Waals surface area contributed by atoms with Gasteiger partial charge in [-0.25, -0.2) is 22.0 Å². The van der Waals surface area contributed by atoms with Crippen molar-refractivity contribution in [2.45, 2.75) is 41.5 Å². The van der Waals surface area contributed by atoms with E-state index in [-0.39, 0.29) is 45.9 Å². The molecular formula is C31H30F2N4O8S. The number of sulfone groups is 1. The number of carbonyl (C=O) groups excluding carboxylic acids is 4. The van der Waals surface area contributed by atoms with Gasteiger partial charge in [0.1, 0.15) is 18.1 Å². The summed E-state index contributed by atoms with van der Waals surface area (Å²) in [5.74, 6) is -5.19. The molecule has 5 N–H and O–H groups in total. The molecule has 1 aliphatic carbocycles. The molecule has 0 aromatic heterocycles. The first-order chi connectivity index (χ1) is 21.8. The molecule has 1 saturated carbocycles. The van der Waals surface area contributed by atoms with Crippen molar-refractivity contribution in [1.82, 2.24) is 4.90 Å². The minimum Gasteiger partial charge on any atom is -0.505 e. The Labute approximate surface area is 262 Å². The first-order valence-electron chi connectivity index (χ1n) is 14.2. The molecule has 1 aliphatic heterocycles. The monoisotopic (exact) mass is 656 g/mol. The number of nitrogens with one attached hydrogen (secondary N) is 2. The number of ether oxygens (including phenoxy) is 1. The summed E-state index contributed by atoms with van der Waals surface area (Å²) < 4.78 is 60.8. The van der Waals surface area contributed by atoms with Crippen LogP contribution in [0.5, 0.6) is 5.75 Å². The topological polar surface area (TPSA) is 185 Å². The number of nitrogens with two attached hydrogens (primary N) is 1. The van der Waals surface area contributed by atoms with Crippen molar-refractivity contribution in [2.75, 3.05) is 24.3 Å². The second-order valence-corrected chi connectivity index (χ2v) is 13.2. The maximum absolute atomic E-state index is 15.0. The number of benzene rings is 3. The van der Waals surface area contributed by atoms with E-state index in [0.29, 0.717) is 19.1 Å². The lowest BCUT2D eigenvalue weighted by molar-refractivity contribution is -0.133. The van der Waals surface area contributed by atoms with Crippen molar-refractivity contribution in [3.63, 3.8) is 0 Å². The molecule has 3 amide bonds. The molecule has 3 aromatic carbocycles. The molecule has 3 aromatic rings. The lowest BCUT2D eigenvalue weighted by Crippen LogP contribution is -2.39. The predicted molar refractivity (Wildman–Crippen MR) is 161 cm³/mol. The lowest BCUT2D eigenvalue weighted by atomic mass is 9.93. The van der Waals surface area contributed by atoms with Crippen LogP contribution in [-0.2, 0) is 24.2 Å². The summed E-state index contributed by atoms with van der Waals surface area (Å²) in [5.41, 5.74) is 5.17. The van der Waals surface area contributed by atoms with E-state index in [2.05, 4.69) is 15.4 Å². The number of likely N-dealkylation sites (tertiary alicyclic amines) is 1. The number of nitrogens with zero attached hydrogens (tertiary/aromatic N) is 1. The quantitative estimate of drug-likeness (QED) is 0.236. The van der Waals surface area contributed by atoms with Crippen LogP contribution in [0.3, 0.4) is 0 Å². The number of hydrogen-bond acceptors (Lipinski definition) is 9. The van der Waals surface area contributed by atoms with Crippen LogP contribution in [0.4, 0.5) is 25.0 Å². The fraction of sp³-hybridized carbons (Fsp3) is 0.290. The number of primary amides is 1. The van der Waals surface area contributed by atoms with E-state index in [1.807, 2.05) is 0 Å². The Morgan fingerprint density at radius 1 is 1.04 bits per heavy atom. The Morgan fingerprint density at radius 3 is 2.39 bits per heavy atom. The van der Waals surface area contributed by atoms with E-state index in [0.717, 1.165) is 37.4 Å². The number of amides is 3. The summed E-state index contributed by atoms with van der Waals surface area (Å²) >= 11 is 0. The number of anilines is 2. The average molecular weight is 657 g/mol. The van der Waals surface area contributed by atoms with E-state index in [4.69, 9.17) is 5.73 Å². The van der Waals surface area contributed by atoms with Gasteiger partial charge in [-0.1, -0.05) is 6.07 Å². The van der Waals surface area contributed by atoms with Crippen LogP contribution >= 0.6 is 0 Å². The van der Waals surface area contributed by atoms with Crippen molar-refractivity contribution >= 4 is 45.4 Å². The molecule has 12 nitrogen and oxygen atoms in total. The van der Waals surface area contributed by atoms with Crippen molar-refractivity contribution < 1.29 is 46.2 Å². The highest BCUT2D eigenvalue weighted by molar-refractivity contribution is 7.92. The summed E-state index contributed by atoms with van der Waals surface area (Å²) in [7, 11) is -2.75. The molecule has 2 fully saturated rings. The number of phenolic OH excluding ortho intramolecular Hbond substituents is 1. The number of phenols is 1. The van der Waals surface area contributed by atoms with Gasteiger partial charge in [0.05, 0.1) is 29.0 Å². The van der Waals surface area contributed by atoms with Crippen LogP contribution in [0.25, 0.3) is 0 Å². The molecule has 1 saturated heterocycles. The van der Waals surface area contributed by atoms with Gasteiger partial charge >= 0.3 is 6.09 Å². The molecule has 1 heterocycles. The fourth-order valence-electron chi connectivity index (χ4n) is 5.56. The highest BCUT2D eigenvalue weighted by Gasteiger charge is 2.45. The van der Waals surface area contributed by atoms with Gasteiger partial charge < -0.3 is 30.6 Å². The Kier molecular flexibility index (Phi) is 8.96. The zero-order valence-corrected chi connectivity index (χ0v) is 25.2. The maximum Gasteiger partial charge on any atom is 0.411 e. The minimum absolute atomic E-state index is 0.00647. The third kappa shape index (κ3) is 6.36. The van der Waals surface area contributed by atoms with E-state index in [1.54, 1.807) is 0 Å². The van der Waals surface area contributed by atoms with Crippen LogP contribution in [0, 0.1) is 17.6 Å². The van der Waals surface area contributed by atoms with Crippen molar-refractivity contribution in [1.29, 1.82) is 0 Å². The van der Waals surface area contributed by atoms with Gasteiger partial charge in [0.15, 0.2) is 21.4 Å². The third-order valence-corrected chi connectivity index (χ3v) is 10.4. The number of carbonyl (C=O) groups is 4. The van der Waals surface area contributed by atoms with Crippen LogP contribution in [0.1, 0.15) is 52.8 Å². The molecule has 0 unspecified atom stereocenters. The van der Waals surface area contributed by atoms with E-state index < -0.39 is 68.4 Å². The molecule has 0 spiro atoms. The standard InChI is InChI=1S/C31H30F2N4O8S/c1-45-31(42)35-19-4-9-26(46(43,44)20-5-6-20)21(14-19)28-18(15-38)10-11-37(28)30(41)27(16-2-8-23(33)25(39)13-16)36-24-12-17(29(34)40)3-7-22(24)32/h2-4,7-9,12-15,18,20,27-28,36,39H,5-6,10-11H2,1H3,(H2,34,40)(H,35,42)/t18-,27-,28-/m1/s1. The van der Waals surface area contributed by atoms with E-state index >= 15 is 0 Å². The Morgan fingerprint density at radius 2 is 1.76 bits per heavy atom. The van der Waals surface area contributed by atoms with E-state index in [1.165, 1.54) is 29.2 Å². The molecule has 46 heavy (non-hydrogen) atoms. The number of hydrogen-bond donors (Lipinski definition) is 4. The van der Waals surface area contributed by atoms with Crippen LogP contribution in [-0.4, -0.2) is 61.5 Å². The summed E-state index contributed by atoms with van der Waals surface area (Å²) in [6.07, 6.45) is 0.767. The number of aldehydes is 1. The zero-order valence-electron chi connectivity index (χ0n) is 24.4. The molecule has 2 aliphatic rings. The van der Waals surface area contributed by atoms with Gasteiger partial charge in [-0.3, -0.25) is 14.9 Å². The first-order valence-corrected chi connectivity index (χ1v) is 15.7. The highest BCUT2D eigenvalue weighted by atomic mass is 32.2. The first kappa shape index (κ1) is 32.3. The third-order valence-electron chi connectivity index (χ3n) is 8.03. The number of methoxy groups -OCH3 is 1. The molecule has 242 valence electrons. The zero-order chi connectivity index (χ0) is 33.3.